The van der Waals surface area contributed by atoms with Gasteiger partial charge in [0.25, 0.3) is 0 Å². The molecule has 0 bridgehead atoms. The molecule has 0 unspecified atom stereocenters. The molecular formula is C18H15NO. The summed E-state index contributed by atoms with van der Waals surface area (Å²) >= 11 is 0. The maximum atomic E-state index is 11.0. The minimum Gasteiger partial charge on any atom is -0.326 e. The van der Waals surface area contributed by atoms with Crippen LogP contribution in [0.5, 0.6) is 0 Å². The van der Waals surface area contributed by atoms with E-state index in [0.29, 0.717) is 0 Å². The van der Waals surface area contributed by atoms with Crippen LogP contribution in [-0.4, -0.2) is 5.91 Å². The molecule has 98 valence electrons. The van der Waals surface area contributed by atoms with Gasteiger partial charge in [0.2, 0.25) is 5.91 Å². The van der Waals surface area contributed by atoms with Gasteiger partial charge in [-0.05, 0) is 40.1 Å². The third-order valence-corrected chi connectivity index (χ3v) is 3.29. The van der Waals surface area contributed by atoms with Gasteiger partial charge in [-0.2, -0.15) is 0 Å². The number of hydrogen-bond acceptors (Lipinski definition) is 1. The Kier molecular flexibility index (Phi) is 3.21. The number of fused-ring (bicyclic) bond motifs is 1. The topological polar surface area (TPSA) is 29.1 Å². The third-order valence-electron chi connectivity index (χ3n) is 3.29. The minimum atomic E-state index is -0.0524. The van der Waals surface area contributed by atoms with Crippen LogP contribution in [0.25, 0.3) is 21.9 Å². The molecule has 2 nitrogen and oxygen atoms in total. The highest BCUT2D eigenvalue weighted by molar-refractivity contribution is 5.90. The second kappa shape index (κ2) is 5.17. The van der Waals surface area contributed by atoms with Gasteiger partial charge in [0.15, 0.2) is 0 Å². The molecule has 0 saturated heterocycles. The third kappa shape index (κ3) is 2.54. The first kappa shape index (κ1) is 12.4. The molecule has 20 heavy (non-hydrogen) atoms. The van der Waals surface area contributed by atoms with Crippen molar-refractivity contribution in [2.45, 2.75) is 6.92 Å². The molecule has 0 spiro atoms. The predicted molar refractivity (Wildman–Crippen MR) is 83.7 cm³/mol. The molecule has 0 heterocycles. The van der Waals surface area contributed by atoms with E-state index in [1.165, 1.54) is 23.3 Å². The van der Waals surface area contributed by atoms with Crippen molar-refractivity contribution >= 4 is 22.4 Å². The highest BCUT2D eigenvalue weighted by atomic mass is 16.1. The average molecular weight is 261 g/mol. The van der Waals surface area contributed by atoms with Crippen molar-refractivity contribution in [1.82, 2.24) is 0 Å². The maximum Gasteiger partial charge on any atom is 0.221 e. The first-order valence-corrected chi connectivity index (χ1v) is 6.59. The molecule has 1 amide bonds. The predicted octanol–water partition coefficient (Wildman–Crippen LogP) is 4.47. The summed E-state index contributed by atoms with van der Waals surface area (Å²) in [7, 11) is 0. The van der Waals surface area contributed by atoms with E-state index in [-0.39, 0.29) is 5.91 Å². The Labute approximate surface area is 118 Å². The summed E-state index contributed by atoms with van der Waals surface area (Å²) in [6.07, 6.45) is 0. The number of anilines is 1. The Morgan fingerprint density at radius 1 is 0.800 bits per heavy atom. The second-order valence-corrected chi connectivity index (χ2v) is 4.82. The Morgan fingerprint density at radius 3 is 2.15 bits per heavy atom. The standard InChI is InChI=1S/C18H15NO/c1-13(20)19-18-10-8-15(9-11-18)17-7-6-14-4-2-3-5-16(14)12-17/h2-12H,1H3,(H,19,20). The zero-order chi connectivity index (χ0) is 13.9. The molecule has 0 aromatic heterocycles. The van der Waals surface area contributed by atoms with Crippen molar-refractivity contribution in [2.75, 3.05) is 5.32 Å². The van der Waals surface area contributed by atoms with Crippen LogP contribution in [-0.2, 0) is 4.79 Å². The quantitative estimate of drug-likeness (QED) is 0.724. The lowest BCUT2D eigenvalue weighted by molar-refractivity contribution is -0.114. The van der Waals surface area contributed by atoms with E-state index in [2.05, 4.69) is 35.6 Å². The van der Waals surface area contributed by atoms with Crippen molar-refractivity contribution in [3.8, 4) is 11.1 Å². The van der Waals surface area contributed by atoms with Crippen LogP contribution >= 0.6 is 0 Å². The van der Waals surface area contributed by atoms with Gasteiger partial charge in [0.05, 0.1) is 0 Å². The molecule has 0 radical (unpaired) electrons. The fraction of sp³-hybridized carbons (Fsp3) is 0.0556. The van der Waals surface area contributed by atoms with E-state index >= 15 is 0 Å². The van der Waals surface area contributed by atoms with Crippen LogP contribution in [0, 0.1) is 0 Å². The number of carbonyl (C=O) groups excluding carboxylic acids is 1. The number of amides is 1. The van der Waals surface area contributed by atoms with Crippen molar-refractivity contribution in [2.24, 2.45) is 0 Å². The van der Waals surface area contributed by atoms with Crippen LogP contribution in [0.3, 0.4) is 0 Å². The minimum absolute atomic E-state index is 0.0524. The van der Waals surface area contributed by atoms with Crippen LogP contribution in [0.15, 0.2) is 66.7 Å². The van der Waals surface area contributed by atoms with Crippen molar-refractivity contribution < 1.29 is 4.79 Å². The fourth-order valence-corrected chi connectivity index (χ4v) is 2.32. The monoisotopic (exact) mass is 261 g/mol. The van der Waals surface area contributed by atoms with Crippen molar-refractivity contribution in [1.29, 1.82) is 0 Å². The first-order valence-electron chi connectivity index (χ1n) is 6.59. The molecule has 0 atom stereocenters. The van der Waals surface area contributed by atoms with E-state index < -0.39 is 0 Å². The van der Waals surface area contributed by atoms with Gasteiger partial charge in [0, 0.05) is 12.6 Å². The van der Waals surface area contributed by atoms with Crippen LogP contribution in [0.1, 0.15) is 6.92 Å². The van der Waals surface area contributed by atoms with E-state index in [9.17, 15) is 4.79 Å². The lowest BCUT2D eigenvalue weighted by Gasteiger charge is -2.06. The Morgan fingerprint density at radius 2 is 1.45 bits per heavy atom. The second-order valence-electron chi connectivity index (χ2n) is 4.82. The first-order chi connectivity index (χ1) is 9.72. The summed E-state index contributed by atoms with van der Waals surface area (Å²) in [6, 6.07) is 22.6. The highest BCUT2D eigenvalue weighted by Gasteiger charge is 2.00. The SMILES string of the molecule is CC(=O)Nc1ccc(-c2ccc3ccccc3c2)cc1. The van der Waals surface area contributed by atoms with Crippen LogP contribution in [0.2, 0.25) is 0 Å². The summed E-state index contributed by atoms with van der Waals surface area (Å²) in [6.45, 7) is 1.51. The van der Waals surface area contributed by atoms with Crippen LogP contribution < -0.4 is 5.32 Å². The van der Waals surface area contributed by atoms with Gasteiger partial charge in [0.1, 0.15) is 0 Å². The van der Waals surface area contributed by atoms with Gasteiger partial charge in [-0.15, -0.1) is 0 Å². The van der Waals surface area contributed by atoms with Gasteiger partial charge in [-0.1, -0.05) is 48.5 Å². The molecule has 2 heteroatoms. The largest absolute Gasteiger partial charge is 0.326 e. The molecule has 3 rings (SSSR count). The Balaban J connectivity index is 1.96. The molecule has 0 saturated carbocycles. The highest BCUT2D eigenvalue weighted by Crippen LogP contribution is 2.25. The molecule has 3 aromatic rings. The van der Waals surface area contributed by atoms with Gasteiger partial charge in [-0.25, -0.2) is 0 Å². The maximum absolute atomic E-state index is 11.0. The molecule has 0 fully saturated rings. The number of nitrogens with one attached hydrogen (secondary N) is 1. The molecule has 0 aliphatic carbocycles. The lowest BCUT2D eigenvalue weighted by atomic mass is 10.0. The molecular weight excluding hydrogens is 246 g/mol. The normalized spacial score (nSPS) is 10.4. The summed E-state index contributed by atoms with van der Waals surface area (Å²) in [4.78, 5) is 11.0. The van der Waals surface area contributed by atoms with Crippen molar-refractivity contribution in [3.05, 3.63) is 66.7 Å². The smallest absolute Gasteiger partial charge is 0.221 e. The fourth-order valence-electron chi connectivity index (χ4n) is 2.32. The van der Waals surface area contributed by atoms with E-state index in [4.69, 9.17) is 0 Å². The van der Waals surface area contributed by atoms with Crippen molar-refractivity contribution in [3.63, 3.8) is 0 Å². The molecule has 0 aliphatic heterocycles. The Bertz CT molecular complexity index is 760. The zero-order valence-electron chi connectivity index (χ0n) is 11.3. The van der Waals surface area contributed by atoms with E-state index in [1.54, 1.807) is 0 Å². The Hall–Kier alpha value is -2.61. The average Bonchev–Trinajstić information content (AvgIpc) is 2.47. The van der Waals surface area contributed by atoms with E-state index in [1.807, 2.05) is 36.4 Å². The number of rotatable bonds is 2. The summed E-state index contributed by atoms with van der Waals surface area (Å²) in [5.74, 6) is -0.0524. The zero-order valence-corrected chi connectivity index (χ0v) is 11.3. The molecule has 0 aliphatic rings. The van der Waals surface area contributed by atoms with E-state index in [0.717, 1.165) is 11.3 Å². The summed E-state index contributed by atoms with van der Waals surface area (Å²) in [5.41, 5.74) is 3.14. The van der Waals surface area contributed by atoms with Gasteiger partial charge < -0.3 is 5.32 Å². The lowest BCUT2D eigenvalue weighted by Crippen LogP contribution is -2.05. The summed E-state index contributed by atoms with van der Waals surface area (Å²) in [5, 5.41) is 5.25. The summed E-state index contributed by atoms with van der Waals surface area (Å²) < 4.78 is 0. The molecule has 1 N–H and O–H groups in total. The number of benzene rings is 3. The van der Waals surface area contributed by atoms with Gasteiger partial charge >= 0.3 is 0 Å². The molecule has 3 aromatic carbocycles. The number of carbonyl (C=O) groups is 1. The number of hydrogen-bond donors (Lipinski definition) is 1. The van der Waals surface area contributed by atoms with Crippen LogP contribution in [0.4, 0.5) is 5.69 Å². The van der Waals surface area contributed by atoms with Gasteiger partial charge in [-0.3, -0.25) is 4.79 Å².